The lowest BCUT2D eigenvalue weighted by molar-refractivity contribution is 0.102. The largest absolute Gasteiger partial charge is 0.372 e. The molecule has 2 aromatic rings. The van der Waals surface area contributed by atoms with Gasteiger partial charge in [-0.2, -0.15) is 5.10 Å². The number of rotatable bonds is 4. The Balaban J connectivity index is 2.06. The Bertz CT molecular complexity index is 533. The monoisotopic (exact) mass is 246 g/mol. The van der Waals surface area contributed by atoms with Gasteiger partial charge in [0, 0.05) is 19.8 Å². The first-order valence-corrected chi connectivity index (χ1v) is 5.56. The number of nitrogens with one attached hydrogen (secondary N) is 2. The molecule has 2 N–H and O–H groups in total. The van der Waals surface area contributed by atoms with Crippen molar-refractivity contribution in [2.45, 2.75) is 13.5 Å². The maximum absolute atomic E-state index is 11.8. The van der Waals surface area contributed by atoms with Crippen LogP contribution in [0.2, 0.25) is 0 Å². The standard InChI is InChI=1S/C11H14N6O/c1-3-17-7-8(4-15-17)16-11(18)9-5-14-10(12-2)6-13-9/h4-7H,3H2,1-2H3,(H,12,14)(H,16,18). The van der Waals surface area contributed by atoms with Crippen LogP contribution in [0.15, 0.2) is 24.8 Å². The summed E-state index contributed by atoms with van der Waals surface area (Å²) in [7, 11) is 1.74. The molecular weight excluding hydrogens is 232 g/mol. The van der Waals surface area contributed by atoms with Crippen molar-refractivity contribution in [2.24, 2.45) is 0 Å². The Hall–Kier alpha value is -2.44. The van der Waals surface area contributed by atoms with E-state index in [1.165, 1.54) is 12.4 Å². The minimum absolute atomic E-state index is 0.262. The molecule has 0 radical (unpaired) electrons. The molecular formula is C11H14N6O. The second kappa shape index (κ2) is 5.26. The van der Waals surface area contributed by atoms with Gasteiger partial charge in [-0.1, -0.05) is 0 Å². The molecule has 0 aliphatic carbocycles. The summed E-state index contributed by atoms with van der Waals surface area (Å²) in [6.07, 6.45) is 6.28. The van der Waals surface area contributed by atoms with E-state index < -0.39 is 0 Å². The van der Waals surface area contributed by atoms with Crippen molar-refractivity contribution in [1.82, 2.24) is 19.7 Å². The lowest BCUT2D eigenvalue weighted by Gasteiger charge is -2.02. The van der Waals surface area contributed by atoms with E-state index in [2.05, 4.69) is 25.7 Å². The van der Waals surface area contributed by atoms with E-state index in [4.69, 9.17) is 0 Å². The highest BCUT2D eigenvalue weighted by atomic mass is 16.1. The van der Waals surface area contributed by atoms with Crippen LogP contribution < -0.4 is 10.6 Å². The molecule has 2 heterocycles. The Morgan fingerprint density at radius 3 is 2.72 bits per heavy atom. The van der Waals surface area contributed by atoms with E-state index in [-0.39, 0.29) is 11.6 Å². The van der Waals surface area contributed by atoms with E-state index >= 15 is 0 Å². The lowest BCUT2D eigenvalue weighted by Crippen LogP contribution is -2.13. The smallest absolute Gasteiger partial charge is 0.275 e. The topological polar surface area (TPSA) is 84.7 Å². The van der Waals surface area contributed by atoms with Crippen LogP contribution in [-0.4, -0.2) is 32.7 Å². The van der Waals surface area contributed by atoms with Crippen LogP contribution in [0.1, 0.15) is 17.4 Å². The number of aromatic nitrogens is 4. The van der Waals surface area contributed by atoms with Crippen molar-refractivity contribution < 1.29 is 4.79 Å². The first-order chi connectivity index (χ1) is 8.72. The van der Waals surface area contributed by atoms with Gasteiger partial charge in [0.2, 0.25) is 0 Å². The third-order valence-electron chi connectivity index (χ3n) is 2.36. The zero-order chi connectivity index (χ0) is 13.0. The van der Waals surface area contributed by atoms with E-state index in [1.807, 2.05) is 6.92 Å². The molecule has 2 aromatic heterocycles. The van der Waals surface area contributed by atoms with E-state index in [0.717, 1.165) is 6.54 Å². The highest BCUT2D eigenvalue weighted by Crippen LogP contribution is 2.07. The summed E-state index contributed by atoms with van der Waals surface area (Å²) in [6.45, 7) is 2.73. The van der Waals surface area contributed by atoms with Gasteiger partial charge >= 0.3 is 0 Å². The maximum Gasteiger partial charge on any atom is 0.275 e. The van der Waals surface area contributed by atoms with Gasteiger partial charge < -0.3 is 10.6 Å². The van der Waals surface area contributed by atoms with Crippen molar-refractivity contribution in [3.63, 3.8) is 0 Å². The van der Waals surface area contributed by atoms with Crippen LogP contribution in [0.4, 0.5) is 11.5 Å². The molecule has 0 bridgehead atoms. The van der Waals surface area contributed by atoms with Crippen molar-refractivity contribution >= 4 is 17.4 Å². The highest BCUT2D eigenvalue weighted by molar-refractivity contribution is 6.02. The summed E-state index contributed by atoms with van der Waals surface area (Å²) in [5.74, 6) is 0.311. The summed E-state index contributed by atoms with van der Waals surface area (Å²) >= 11 is 0. The Kier molecular flexibility index (Phi) is 3.52. The lowest BCUT2D eigenvalue weighted by atomic mass is 10.4. The Morgan fingerprint density at radius 1 is 1.33 bits per heavy atom. The second-order valence-electron chi connectivity index (χ2n) is 3.58. The summed E-state index contributed by atoms with van der Waals surface area (Å²) in [6, 6.07) is 0. The molecule has 0 fully saturated rings. The molecule has 1 amide bonds. The number of carbonyl (C=O) groups is 1. The van der Waals surface area contributed by atoms with Crippen LogP contribution in [0, 0.1) is 0 Å². The highest BCUT2D eigenvalue weighted by Gasteiger charge is 2.09. The molecule has 2 rings (SSSR count). The van der Waals surface area contributed by atoms with Crippen molar-refractivity contribution in [3.8, 4) is 0 Å². The first kappa shape index (κ1) is 12.0. The van der Waals surface area contributed by atoms with Crippen molar-refractivity contribution in [1.29, 1.82) is 0 Å². The SMILES string of the molecule is CCn1cc(NC(=O)c2cnc(NC)cn2)cn1. The van der Waals surface area contributed by atoms with Gasteiger partial charge in [-0.3, -0.25) is 9.48 Å². The molecule has 0 unspecified atom stereocenters. The van der Waals surface area contributed by atoms with Gasteiger partial charge in [0.15, 0.2) is 0 Å². The van der Waals surface area contributed by atoms with E-state index in [9.17, 15) is 4.79 Å². The van der Waals surface area contributed by atoms with Crippen LogP contribution in [-0.2, 0) is 6.54 Å². The first-order valence-electron chi connectivity index (χ1n) is 5.56. The van der Waals surface area contributed by atoms with Gasteiger partial charge in [0.1, 0.15) is 11.5 Å². The fourth-order valence-electron chi connectivity index (χ4n) is 1.37. The number of anilines is 2. The average Bonchev–Trinajstić information content (AvgIpc) is 2.86. The van der Waals surface area contributed by atoms with Gasteiger partial charge in [0.05, 0.1) is 24.3 Å². The second-order valence-corrected chi connectivity index (χ2v) is 3.58. The molecule has 0 aromatic carbocycles. The Morgan fingerprint density at radius 2 is 2.17 bits per heavy atom. The zero-order valence-corrected chi connectivity index (χ0v) is 10.2. The molecule has 0 saturated heterocycles. The van der Waals surface area contributed by atoms with Crippen molar-refractivity contribution in [2.75, 3.05) is 17.7 Å². The summed E-state index contributed by atoms with van der Waals surface area (Å²) in [4.78, 5) is 19.9. The van der Waals surface area contributed by atoms with Gasteiger partial charge in [-0.05, 0) is 6.92 Å². The molecule has 0 atom stereocenters. The van der Waals surface area contributed by atoms with E-state index in [1.54, 1.807) is 24.1 Å². The molecule has 0 aliphatic rings. The minimum Gasteiger partial charge on any atom is -0.372 e. The number of nitrogens with zero attached hydrogens (tertiary/aromatic N) is 4. The fourth-order valence-corrected chi connectivity index (χ4v) is 1.37. The third kappa shape index (κ3) is 2.62. The molecule has 7 nitrogen and oxygen atoms in total. The summed E-state index contributed by atoms with van der Waals surface area (Å²) in [5.41, 5.74) is 0.902. The van der Waals surface area contributed by atoms with Crippen molar-refractivity contribution in [3.05, 3.63) is 30.5 Å². The van der Waals surface area contributed by atoms with Crippen LogP contribution in [0.3, 0.4) is 0 Å². The Labute approximate surface area is 104 Å². The number of hydrogen-bond acceptors (Lipinski definition) is 5. The predicted octanol–water partition coefficient (Wildman–Crippen LogP) is 0.987. The molecule has 94 valence electrons. The third-order valence-corrected chi connectivity index (χ3v) is 2.36. The predicted molar refractivity (Wildman–Crippen MR) is 67.4 cm³/mol. The summed E-state index contributed by atoms with van der Waals surface area (Å²) in [5, 5.41) is 9.60. The molecule has 0 saturated carbocycles. The van der Waals surface area contributed by atoms with Gasteiger partial charge in [-0.25, -0.2) is 9.97 Å². The summed E-state index contributed by atoms with van der Waals surface area (Å²) < 4.78 is 1.73. The van der Waals surface area contributed by atoms with Gasteiger partial charge in [0.25, 0.3) is 5.91 Å². The van der Waals surface area contributed by atoms with Crippen LogP contribution >= 0.6 is 0 Å². The van der Waals surface area contributed by atoms with Crippen LogP contribution in [0.5, 0.6) is 0 Å². The van der Waals surface area contributed by atoms with E-state index in [0.29, 0.717) is 11.5 Å². The molecule has 0 aliphatic heterocycles. The number of amides is 1. The molecule has 18 heavy (non-hydrogen) atoms. The maximum atomic E-state index is 11.8. The number of aryl methyl sites for hydroxylation is 1. The number of hydrogen-bond donors (Lipinski definition) is 2. The zero-order valence-electron chi connectivity index (χ0n) is 10.2. The minimum atomic E-state index is -0.305. The quantitative estimate of drug-likeness (QED) is 0.840. The molecule has 7 heteroatoms. The van der Waals surface area contributed by atoms with Crippen LogP contribution in [0.25, 0.3) is 0 Å². The van der Waals surface area contributed by atoms with Gasteiger partial charge in [-0.15, -0.1) is 0 Å². The fraction of sp³-hybridized carbons (Fsp3) is 0.273. The number of carbonyl (C=O) groups excluding carboxylic acids is 1. The molecule has 0 spiro atoms. The normalized spacial score (nSPS) is 10.1. The average molecular weight is 246 g/mol.